The maximum Gasteiger partial charge on any atom is 0.238 e. The van der Waals surface area contributed by atoms with Crippen LogP contribution in [0.3, 0.4) is 0 Å². The van der Waals surface area contributed by atoms with Gasteiger partial charge < -0.3 is 4.74 Å². The summed E-state index contributed by atoms with van der Waals surface area (Å²) in [4.78, 5) is 13.3. The van der Waals surface area contributed by atoms with E-state index in [1.807, 2.05) is 54.6 Å². The van der Waals surface area contributed by atoms with Crippen molar-refractivity contribution in [3.8, 4) is 11.5 Å². The van der Waals surface area contributed by atoms with E-state index in [9.17, 15) is 4.79 Å². The van der Waals surface area contributed by atoms with Crippen molar-refractivity contribution in [1.82, 2.24) is 10.2 Å². The fourth-order valence-corrected chi connectivity index (χ4v) is 4.65. The third-order valence-electron chi connectivity index (χ3n) is 5.34. The maximum absolute atomic E-state index is 13.3. The van der Waals surface area contributed by atoms with Crippen LogP contribution in [0.5, 0.6) is 11.5 Å². The van der Waals surface area contributed by atoms with Crippen molar-refractivity contribution in [1.29, 1.82) is 0 Å². The Balaban J connectivity index is 1.29. The lowest BCUT2D eigenvalue weighted by atomic mass is 9.87. The molecule has 31 heavy (non-hydrogen) atoms. The Labute approximate surface area is 184 Å². The average Bonchev–Trinajstić information content (AvgIpc) is 3.25. The van der Waals surface area contributed by atoms with Crippen LogP contribution in [0, 0.1) is 0 Å². The number of nitrogens with one attached hydrogen (secondary N) is 1. The molecule has 0 aliphatic carbocycles. The van der Waals surface area contributed by atoms with Crippen LogP contribution < -0.4 is 10.1 Å². The standard InChI is InChI=1S/C25H21N3O2S/c29-24(23-18-12-4-6-14-20(18)30-21-15-7-5-13-19(21)23)26-25-28-27-22(31-25)16-8-11-17-9-2-1-3-10-17/h1-7,9-10,12-15,23H,8,11,16H2,(H,26,28,29). The molecular weight excluding hydrogens is 406 g/mol. The Morgan fingerprint density at radius 2 is 1.48 bits per heavy atom. The van der Waals surface area contributed by atoms with E-state index < -0.39 is 5.92 Å². The molecule has 1 amide bonds. The average molecular weight is 428 g/mol. The van der Waals surface area contributed by atoms with Crippen molar-refractivity contribution in [2.75, 3.05) is 5.32 Å². The van der Waals surface area contributed by atoms with Gasteiger partial charge in [0.25, 0.3) is 0 Å². The van der Waals surface area contributed by atoms with E-state index >= 15 is 0 Å². The predicted octanol–water partition coefficient (Wildman–Crippen LogP) is 5.59. The van der Waals surface area contributed by atoms with E-state index in [1.165, 1.54) is 16.9 Å². The van der Waals surface area contributed by atoms with Crippen LogP contribution in [0.15, 0.2) is 78.9 Å². The van der Waals surface area contributed by atoms with Gasteiger partial charge in [-0.2, -0.15) is 0 Å². The van der Waals surface area contributed by atoms with Crippen LogP contribution in [-0.2, 0) is 17.6 Å². The van der Waals surface area contributed by atoms with Gasteiger partial charge in [-0.25, -0.2) is 0 Å². The summed E-state index contributed by atoms with van der Waals surface area (Å²) in [6.07, 6.45) is 2.83. The van der Waals surface area contributed by atoms with Gasteiger partial charge in [-0.05, 0) is 30.5 Å². The zero-order valence-electron chi connectivity index (χ0n) is 16.8. The fraction of sp³-hybridized carbons (Fsp3) is 0.160. The van der Waals surface area contributed by atoms with Crippen molar-refractivity contribution in [2.24, 2.45) is 0 Å². The van der Waals surface area contributed by atoms with E-state index in [0.717, 1.165) is 35.4 Å². The van der Waals surface area contributed by atoms with E-state index in [-0.39, 0.29) is 5.91 Å². The number of amides is 1. The van der Waals surface area contributed by atoms with Gasteiger partial charge in [0, 0.05) is 17.5 Å². The Kier molecular flexibility index (Phi) is 5.46. The Morgan fingerprint density at radius 3 is 2.19 bits per heavy atom. The smallest absolute Gasteiger partial charge is 0.238 e. The summed E-state index contributed by atoms with van der Waals surface area (Å²) in [6, 6.07) is 25.7. The summed E-state index contributed by atoms with van der Waals surface area (Å²) in [5.74, 6) is 0.835. The van der Waals surface area contributed by atoms with E-state index in [0.29, 0.717) is 16.6 Å². The molecule has 0 fully saturated rings. The molecule has 0 saturated carbocycles. The number of nitrogens with zero attached hydrogens (tertiary/aromatic N) is 2. The highest BCUT2D eigenvalue weighted by molar-refractivity contribution is 7.15. The van der Waals surface area contributed by atoms with Crippen LogP contribution in [0.1, 0.15) is 34.0 Å². The second-order valence-corrected chi connectivity index (χ2v) is 8.50. The quantitative estimate of drug-likeness (QED) is 0.436. The van der Waals surface area contributed by atoms with E-state index in [2.05, 4.69) is 39.8 Å². The molecule has 0 spiro atoms. The first-order valence-electron chi connectivity index (χ1n) is 10.3. The molecule has 1 N–H and O–H groups in total. The minimum atomic E-state index is -0.452. The van der Waals surface area contributed by atoms with Crippen LogP contribution >= 0.6 is 11.3 Å². The van der Waals surface area contributed by atoms with Crippen molar-refractivity contribution in [2.45, 2.75) is 25.2 Å². The number of carbonyl (C=O) groups excluding carboxylic acids is 1. The summed E-state index contributed by atoms with van der Waals surface area (Å²) in [7, 11) is 0. The van der Waals surface area contributed by atoms with Gasteiger partial charge in [0.1, 0.15) is 16.5 Å². The summed E-state index contributed by atoms with van der Waals surface area (Å²) in [6.45, 7) is 0. The fourth-order valence-electron chi connectivity index (χ4n) is 3.86. The molecule has 4 aromatic rings. The zero-order chi connectivity index (χ0) is 21.0. The van der Waals surface area contributed by atoms with Gasteiger partial charge in [-0.15, -0.1) is 10.2 Å². The SMILES string of the molecule is O=C(Nc1nnc(CCCc2ccccc2)s1)C1c2ccccc2Oc2ccccc21. The number of anilines is 1. The summed E-state index contributed by atoms with van der Waals surface area (Å²) in [5, 5.41) is 12.9. The molecule has 5 nitrogen and oxygen atoms in total. The molecule has 154 valence electrons. The van der Waals surface area contributed by atoms with Crippen molar-refractivity contribution in [3.05, 3.63) is 101 Å². The molecule has 3 aromatic carbocycles. The molecule has 0 bridgehead atoms. The minimum Gasteiger partial charge on any atom is -0.457 e. The number of ether oxygens (including phenoxy) is 1. The topological polar surface area (TPSA) is 64.1 Å². The number of hydrogen-bond acceptors (Lipinski definition) is 5. The lowest BCUT2D eigenvalue weighted by Crippen LogP contribution is -2.25. The van der Waals surface area contributed by atoms with Gasteiger partial charge in [-0.3, -0.25) is 10.1 Å². The molecule has 0 saturated heterocycles. The molecule has 5 rings (SSSR count). The summed E-state index contributed by atoms with van der Waals surface area (Å²) >= 11 is 1.44. The number of fused-ring (bicyclic) bond motifs is 2. The number of aryl methyl sites for hydroxylation is 2. The summed E-state index contributed by atoms with van der Waals surface area (Å²) in [5.41, 5.74) is 3.02. The van der Waals surface area contributed by atoms with Gasteiger partial charge in [-0.1, -0.05) is 78.1 Å². The highest BCUT2D eigenvalue weighted by atomic mass is 32.1. The molecule has 2 heterocycles. The van der Waals surface area contributed by atoms with Crippen molar-refractivity contribution < 1.29 is 9.53 Å². The molecular formula is C25H21N3O2S. The van der Waals surface area contributed by atoms with Gasteiger partial charge in [0.2, 0.25) is 11.0 Å². The number of hydrogen-bond donors (Lipinski definition) is 1. The Morgan fingerprint density at radius 1 is 0.839 bits per heavy atom. The molecule has 1 aliphatic rings. The van der Waals surface area contributed by atoms with Crippen LogP contribution in [0.2, 0.25) is 0 Å². The van der Waals surface area contributed by atoms with Gasteiger partial charge in [0.05, 0.1) is 5.92 Å². The normalized spacial score (nSPS) is 12.5. The zero-order valence-corrected chi connectivity index (χ0v) is 17.6. The first-order chi connectivity index (χ1) is 15.3. The number of rotatable bonds is 6. The van der Waals surface area contributed by atoms with Crippen LogP contribution in [-0.4, -0.2) is 16.1 Å². The highest BCUT2D eigenvalue weighted by Gasteiger charge is 2.32. The molecule has 0 radical (unpaired) electrons. The van der Waals surface area contributed by atoms with E-state index in [4.69, 9.17) is 4.74 Å². The maximum atomic E-state index is 13.3. The second-order valence-electron chi connectivity index (χ2n) is 7.44. The first-order valence-corrected chi connectivity index (χ1v) is 11.1. The van der Waals surface area contributed by atoms with Gasteiger partial charge in [0.15, 0.2) is 0 Å². The predicted molar refractivity (Wildman–Crippen MR) is 122 cm³/mol. The lowest BCUT2D eigenvalue weighted by molar-refractivity contribution is -0.116. The van der Waals surface area contributed by atoms with E-state index in [1.54, 1.807) is 0 Å². The molecule has 0 atom stereocenters. The molecule has 1 aromatic heterocycles. The van der Waals surface area contributed by atoms with Crippen LogP contribution in [0.25, 0.3) is 0 Å². The Hall–Kier alpha value is -3.51. The van der Waals surface area contributed by atoms with Gasteiger partial charge >= 0.3 is 0 Å². The third kappa shape index (κ3) is 4.20. The van der Waals surface area contributed by atoms with Crippen molar-refractivity contribution >= 4 is 22.4 Å². The monoisotopic (exact) mass is 427 g/mol. The number of carbonyl (C=O) groups is 1. The number of aromatic nitrogens is 2. The Bertz CT molecular complexity index is 1160. The second kappa shape index (κ2) is 8.70. The minimum absolute atomic E-state index is 0.129. The lowest BCUT2D eigenvalue weighted by Gasteiger charge is -2.27. The largest absolute Gasteiger partial charge is 0.457 e. The highest BCUT2D eigenvalue weighted by Crippen LogP contribution is 2.44. The summed E-state index contributed by atoms with van der Waals surface area (Å²) < 4.78 is 5.99. The molecule has 6 heteroatoms. The molecule has 1 aliphatic heterocycles. The third-order valence-corrected chi connectivity index (χ3v) is 6.24. The first kappa shape index (κ1) is 19.5. The van der Waals surface area contributed by atoms with Crippen LogP contribution in [0.4, 0.5) is 5.13 Å². The number of benzene rings is 3. The number of para-hydroxylation sites is 2. The van der Waals surface area contributed by atoms with Crippen molar-refractivity contribution in [3.63, 3.8) is 0 Å². The molecule has 0 unspecified atom stereocenters.